The van der Waals surface area contributed by atoms with Crippen LogP contribution in [0.3, 0.4) is 0 Å². The van der Waals surface area contributed by atoms with Crippen LogP contribution in [0, 0.1) is 10.1 Å². The highest BCUT2D eigenvalue weighted by Gasteiger charge is 2.39. The molecule has 0 N–H and O–H groups in total. The number of rotatable bonds is 3. The molecule has 0 atom stereocenters. The summed E-state index contributed by atoms with van der Waals surface area (Å²) in [4.78, 5) is 15.7. The third-order valence-corrected chi connectivity index (χ3v) is 5.25. The van der Waals surface area contributed by atoms with Gasteiger partial charge in [0.05, 0.1) is 23.3 Å². The molecule has 0 radical (unpaired) electrons. The Labute approximate surface area is 164 Å². The SMILES string of the molecule is COc1cc2c(c3c1OC(C)(C)C3)C(c1ccc([N+](=O)[O-])cc1)=NC(C)(C)C2. The monoisotopic (exact) mass is 380 g/mol. The number of methoxy groups -OCH3 is 1. The lowest BCUT2D eigenvalue weighted by molar-refractivity contribution is -0.384. The van der Waals surface area contributed by atoms with Crippen molar-refractivity contribution in [3.8, 4) is 11.5 Å². The zero-order valence-corrected chi connectivity index (χ0v) is 16.8. The van der Waals surface area contributed by atoms with Crippen LogP contribution < -0.4 is 9.47 Å². The Hall–Kier alpha value is -2.89. The summed E-state index contributed by atoms with van der Waals surface area (Å²) in [6.45, 7) is 8.32. The number of hydrogen-bond donors (Lipinski definition) is 0. The van der Waals surface area contributed by atoms with Crippen LogP contribution in [0.25, 0.3) is 0 Å². The summed E-state index contributed by atoms with van der Waals surface area (Å²) in [7, 11) is 1.66. The van der Waals surface area contributed by atoms with E-state index in [9.17, 15) is 10.1 Å². The molecule has 0 spiro atoms. The van der Waals surface area contributed by atoms with Crippen LogP contribution in [-0.4, -0.2) is 28.9 Å². The number of fused-ring (bicyclic) bond motifs is 3. The fourth-order valence-electron chi connectivity index (χ4n) is 4.17. The highest BCUT2D eigenvalue weighted by Crippen LogP contribution is 2.47. The van der Waals surface area contributed by atoms with Crippen LogP contribution in [0.2, 0.25) is 0 Å². The number of nitrogens with zero attached hydrogens (tertiary/aromatic N) is 2. The van der Waals surface area contributed by atoms with Crippen molar-refractivity contribution in [3.63, 3.8) is 0 Å². The minimum absolute atomic E-state index is 0.0732. The van der Waals surface area contributed by atoms with Gasteiger partial charge in [-0.15, -0.1) is 0 Å². The molecule has 4 rings (SSSR count). The highest BCUT2D eigenvalue weighted by molar-refractivity contribution is 6.16. The molecule has 2 aromatic rings. The van der Waals surface area contributed by atoms with E-state index in [1.807, 2.05) is 0 Å². The highest BCUT2D eigenvalue weighted by atomic mass is 16.6. The molecule has 0 aliphatic carbocycles. The minimum atomic E-state index is -0.386. The van der Waals surface area contributed by atoms with Crippen LogP contribution in [0.15, 0.2) is 35.3 Å². The summed E-state index contributed by atoms with van der Waals surface area (Å²) in [6, 6.07) is 8.67. The smallest absolute Gasteiger partial charge is 0.269 e. The second-order valence-electron chi connectivity index (χ2n) is 8.71. The Kier molecular flexibility index (Phi) is 4.00. The van der Waals surface area contributed by atoms with Crippen molar-refractivity contribution in [2.24, 2.45) is 4.99 Å². The van der Waals surface area contributed by atoms with E-state index < -0.39 is 0 Å². The lowest BCUT2D eigenvalue weighted by Gasteiger charge is -2.31. The van der Waals surface area contributed by atoms with Crippen LogP contribution in [0.5, 0.6) is 11.5 Å². The molecule has 0 unspecified atom stereocenters. The van der Waals surface area contributed by atoms with E-state index in [4.69, 9.17) is 14.5 Å². The summed E-state index contributed by atoms with van der Waals surface area (Å²) in [5.74, 6) is 1.53. The quantitative estimate of drug-likeness (QED) is 0.581. The lowest BCUT2D eigenvalue weighted by Crippen LogP contribution is -2.30. The van der Waals surface area contributed by atoms with E-state index in [0.717, 1.165) is 46.7 Å². The first-order valence-corrected chi connectivity index (χ1v) is 9.37. The van der Waals surface area contributed by atoms with Crippen LogP contribution in [-0.2, 0) is 12.8 Å². The number of nitro benzene ring substituents is 1. The maximum absolute atomic E-state index is 11.0. The predicted octanol–water partition coefficient (Wildman–Crippen LogP) is 4.49. The van der Waals surface area contributed by atoms with Gasteiger partial charge in [-0.25, -0.2) is 0 Å². The van der Waals surface area contributed by atoms with Gasteiger partial charge in [-0.1, -0.05) is 0 Å². The van der Waals surface area contributed by atoms with Crippen LogP contribution in [0.4, 0.5) is 5.69 Å². The van der Waals surface area contributed by atoms with Crippen molar-refractivity contribution in [2.45, 2.75) is 51.7 Å². The Balaban J connectivity index is 1.94. The van der Waals surface area contributed by atoms with Crippen molar-refractivity contribution < 1.29 is 14.4 Å². The molecule has 6 heteroatoms. The van der Waals surface area contributed by atoms with Crippen LogP contribution >= 0.6 is 0 Å². The first-order valence-electron chi connectivity index (χ1n) is 9.37. The molecule has 2 heterocycles. The molecule has 0 aromatic heterocycles. The standard InChI is InChI=1S/C22H24N2O4/c1-21(2)11-14-10-17(27-5)20-16(12-22(3,4)28-20)18(14)19(23-21)13-6-8-15(9-7-13)24(25)26/h6-10H,11-12H2,1-5H3. The zero-order chi connectivity index (χ0) is 20.3. The normalized spacial score (nSPS) is 18.5. The van der Waals surface area contributed by atoms with Crippen molar-refractivity contribution in [2.75, 3.05) is 7.11 Å². The summed E-state index contributed by atoms with van der Waals surface area (Å²) in [6.07, 6.45) is 1.55. The van der Waals surface area contributed by atoms with Crippen LogP contribution in [0.1, 0.15) is 49.9 Å². The van der Waals surface area contributed by atoms with Gasteiger partial charge in [0.2, 0.25) is 0 Å². The second-order valence-corrected chi connectivity index (χ2v) is 8.71. The first kappa shape index (κ1) is 18.5. The van der Waals surface area contributed by atoms with Gasteiger partial charge < -0.3 is 9.47 Å². The molecule has 2 aromatic carbocycles. The molecule has 0 amide bonds. The summed E-state index contributed by atoms with van der Waals surface area (Å²) < 4.78 is 11.8. The Morgan fingerprint density at radius 2 is 1.82 bits per heavy atom. The van der Waals surface area contributed by atoms with Gasteiger partial charge in [-0.05, 0) is 57.9 Å². The van der Waals surface area contributed by atoms with Gasteiger partial charge in [0.25, 0.3) is 5.69 Å². The largest absolute Gasteiger partial charge is 0.493 e. The fraction of sp³-hybridized carbons (Fsp3) is 0.409. The number of hydrogen-bond acceptors (Lipinski definition) is 5. The summed E-state index contributed by atoms with van der Waals surface area (Å²) >= 11 is 0. The van der Waals surface area contributed by atoms with Gasteiger partial charge in [-0.2, -0.15) is 0 Å². The Morgan fingerprint density at radius 3 is 2.43 bits per heavy atom. The predicted molar refractivity (Wildman–Crippen MR) is 108 cm³/mol. The molecular weight excluding hydrogens is 356 g/mol. The molecule has 0 fully saturated rings. The summed E-state index contributed by atoms with van der Waals surface area (Å²) in [5.41, 5.74) is 4.56. The Morgan fingerprint density at radius 1 is 1.14 bits per heavy atom. The maximum atomic E-state index is 11.0. The van der Waals surface area contributed by atoms with Gasteiger partial charge in [-0.3, -0.25) is 15.1 Å². The van der Waals surface area contributed by atoms with Gasteiger partial charge in [0.1, 0.15) is 5.60 Å². The number of aliphatic imine (C=N–C) groups is 1. The molecular formula is C22H24N2O4. The number of ether oxygens (including phenoxy) is 2. The average molecular weight is 380 g/mol. The molecule has 0 bridgehead atoms. The van der Waals surface area contributed by atoms with E-state index in [2.05, 4.69) is 33.8 Å². The van der Waals surface area contributed by atoms with Crippen molar-refractivity contribution in [1.29, 1.82) is 0 Å². The topological polar surface area (TPSA) is 74.0 Å². The zero-order valence-electron chi connectivity index (χ0n) is 16.8. The third kappa shape index (κ3) is 3.03. The van der Waals surface area contributed by atoms with E-state index in [1.54, 1.807) is 19.2 Å². The third-order valence-electron chi connectivity index (χ3n) is 5.25. The molecule has 0 saturated carbocycles. The molecule has 6 nitrogen and oxygen atoms in total. The van der Waals surface area contributed by atoms with E-state index in [-0.39, 0.29) is 21.8 Å². The average Bonchev–Trinajstić information content (AvgIpc) is 2.94. The van der Waals surface area contributed by atoms with E-state index >= 15 is 0 Å². The molecule has 2 aliphatic rings. The number of nitro groups is 1. The number of benzene rings is 2. The molecule has 0 saturated heterocycles. The van der Waals surface area contributed by atoms with Gasteiger partial charge in [0.15, 0.2) is 11.5 Å². The molecule has 146 valence electrons. The second kappa shape index (κ2) is 6.06. The fourth-order valence-corrected chi connectivity index (χ4v) is 4.17. The van der Waals surface area contributed by atoms with E-state index in [0.29, 0.717) is 0 Å². The number of non-ortho nitro benzene ring substituents is 1. The van der Waals surface area contributed by atoms with Crippen molar-refractivity contribution in [3.05, 3.63) is 62.7 Å². The van der Waals surface area contributed by atoms with E-state index in [1.165, 1.54) is 17.7 Å². The Bertz CT molecular complexity index is 1000. The molecule has 2 aliphatic heterocycles. The summed E-state index contributed by atoms with van der Waals surface area (Å²) in [5, 5.41) is 11.0. The first-order chi connectivity index (χ1) is 13.1. The van der Waals surface area contributed by atoms with Gasteiger partial charge >= 0.3 is 0 Å². The molecule has 28 heavy (non-hydrogen) atoms. The van der Waals surface area contributed by atoms with Gasteiger partial charge in [0, 0.05) is 35.2 Å². The maximum Gasteiger partial charge on any atom is 0.269 e. The van der Waals surface area contributed by atoms with Crippen molar-refractivity contribution >= 4 is 11.4 Å². The lowest BCUT2D eigenvalue weighted by atomic mass is 9.81. The van der Waals surface area contributed by atoms with Crippen molar-refractivity contribution in [1.82, 2.24) is 0 Å². The minimum Gasteiger partial charge on any atom is -0.493 e.